The van der Waals surface area contributed by atoms with Crippen molar-refractivity contribution >= 4 is 0 Å². The lowest BCUT2D eigenvalue weighted by molar-refractivity contribution is 0.175. The van der Waals surface area contributed by atoms with Crippen molar-refractivity contribution in [3.05, 3.63) is 23.8 Å². The highest BCUT2D eigenvalue weighted by Gasteiger charge is 2.17. The topological polar surface area (TPSA) is 32.7 Å². The van der Waals surface area contributed by atoms with Crippen LogP contribution in [0.3, 0.4) is 0 Å². The first-order valence-corrected chi connectivity index (χ1v) is 7.36. The number of aromatic hydroxyl groups is 1. The van der Waals surface area contributed by atoms with E-state index in [-0.39, 0.29) is 0 Å². The van der Waals surface area contributed by atoms with Gasteiger partial charge in [0.25, 0.3) is 0 Å². The SMILES string of the molecule is CCCOc1ccc(CN2CCCC(C)C2)c(O)c1. The van der Waals surface area contributed by atoms with Crippen LogP contribution in [0.1, 0.15) is 38.7 Å². The number of ether oxygens (including phenoxy) is 1. The van der Waals surface area contributed by atoms with Crippen LogP contribution in [0.5, 0.6) is 11.5 Å². The van der Waals surface area contributed by atoms with Crippen molar-refractivity contribution < 1.29 is 9.84 Å². The van der Waals surface area contributed by atoms with Gasteiger partial charge >= 0.3 is 0 Å². The molecule has 1 atom stereocenters. The Labute approximate surface area is 116 Å². The number of likely N-dealkylation sites (tertiary alicyclic amines) is 1. The van der Waals surface area contributed by atoms with E-state index >= 15 is 0 Å². The first-order chi connectivity index (χ1) is 9.19. The van der Waals surface area contributed by atoms with Gasteiger partial charge in [-0.05, 0) is 37.8 Å². The fraction of sp³-hybridized carbons (Fsp3) is 0.625. The minimum atomic E-state index is 0.354. The van der Waals surface area contributed by atoms with Gasteiger partial charge < -0.3 is 9.84 Å². The number of phenols is 1. The third kappa shape index (κ3) is 4.13. The molecule has 1 aromatic carbocycles. The molecular formula is C16H25NO2. The summed E-state index contributed by atoms with van der Waals surface area (Å²) < 4.78 is 5.52. The molecule has 1 aromatic rings. The van der Waals surface area contributed by atoms with Gasteiger partial charge in [0.2, 0.25) is 0 Å². The smallest absolute Gasteiger partial charge is 0.123 e. The zero-order chi connectivity index (χ0) is 13.7. The Morgan fingerprint density at radius 1 is 1.42 bits per heavy atom. The van der Waals surface area contributed by atoms with Crippen molar-refractivity contribution in [1.29, 1.82) is 0 Å². The van der Waals surface area contributed by atoms with E-state index in [9.17, 15) is 5.11 Å². The van der Waals surface area contributed by atoms with Crippen molar-refractivity contribution in [2.75, 3.05) is 19.7 Å². The molecule has 3 nitrogen and oxygen atoms in total. The van der Waals surface area contributed by atoms with Gasteiger partial charge in [0.1, 0.15) is 11.5 Å². The number of rotatable bonds is 5. The second-order valence-corrected chi connectivity index (χ2v) is 5.62. The third-order valence-electron chi connectivity index (χ3n) is 3.66. The van der Waals surface area contributed by atoms with Crippen LogP contribution in [0.15, 0.2) is 18.2 Å². The van der Waals surface area contributed by atoms with Crippen LogP contribution in [0.25, 0.3) is 0 Å². The largest absolute Gasteiger partial charge is 0.507 e. The molecule has 0 radical (unpaired) electrons. The molecule has 0 bridgehead atoms. The molecular weight excluding hydrogens is 238 g/mol. The summed E-state index contributed by atoms with van der Waals surface area (Å²) in [6, 6.07) is 5.68. The molecule has 3 heteroatoms. The van der Waals surface area contributed by atoms with E-state index in [4.69, 9.17) is 4.74 Å². The highest BCUT2D eigenvalue weighted by molar-refractivity contribution is 5.39. The molecule has 1 saturated heterocycles. The average molecular weight is 263 g/mol. The summed E-state index contributed by atoms with van der Waals surface area (Å²) >= 11 is 0. The quantitative estimate of drug-likeness (QED) is 0.883. The van der Waals surface area contributed by atoms with Gasteiger partial charge in [-0.2, -0.15) is 0 Å². The van der Waals surface area contributed by atoms with E-state index in [1.807, 2.05) is 12.1 Å². The molecule has 1 N–H and O–H groups in total. The molecule has 0 amide bonds. The maximum atomic E-state index is 10.1. The summed E-state index contributed by atoms with van der Waals surface area (Å²) in [5, 5.41) is 10.1. The minimum Gasteiger partial charge on any atom is -0.507 e. The predicted octanol–water partition coefficient (Wildman–Crippen LogP) is 3.41. The number of piperidine rings is 1. The molecule has 1 aliphatic rings. The summed E-state index contributed by atoms with van der Waals surface area (Å²) in [6.45, 7) is 8.18. The third-order valence-corrected chi connectivity index (χ3v) is 3.66. The molecule has 1 fully saturated rings. The zero-order valence-corrected chi connectivity index (χ0v) is 12.1. The van der Waals surface area contributed by atoms with Gasteiger partial charge in [-0.15, -0.1) is 0 Å². The lowest BCUT2D eigenvalue weighted by Crippen LogP contribution is -2.33. The van der Waals surface area contributed by atoms with Crippen LogP contribution in [0.4, 0.5) is 0 Å². The Bertz CT molecular complexity index is 406. The van der Waals surface area contributed by atoms with Gasteiger partial charge in [0, 0.05) is 24.7 Å². The Kier molecular flexibility index (Phi) is 5.08. The van der Waals surface area contributed by atoms with Crippen molar-refractivity contribution in [2.24, 2.45) is 5.92 Å². The van der Waals surface area contributed by atoms with Gasteiger partial charge in [0.05, 0.1) is 6.61 Å². The van der Waals surface area contributed by atoms with Gasteiger partial charge in [0.15, 0.2) is 0 Å². The van der Waals surface area contributed by atoms with Crippen molar-refractivity contribution in [1.82, 2.24) is 4.90 Å². The Balaban J connectivity index is 1.96. The molecule has 0 aliphatic carbocycles. The maximum absolute atomic E-state index is 10.1. The van der Waals surface area contributed by atoms with E-state index in [2.05, 4.69) is 18.7 Å². The standard InChI is InChI=1S/C16H25NO2/c1-3-9-19-15-7-6-14(16(18)10-15)12-17-8-4-5-13(2)11-17/h6-7,10,13,18H,3-5,8-9,11-12H2,1-2H3. The van der Waals surface area contributed by atoms with E-state index in [1.165, 1.54) is 12.8 Å². The summed E-state index contributed by atoms with van der Waals surface area (Å²) in [7, 11) is 0. The van der Waals surface area contributed by atoms with Gasteiger partial charge in [-0.25, -0.2) is 0 Å². The van der Waals surface area contributed by atoms with Crippen LogP contribution in [0.2, 0.25) is 0 Å². The van der Waals surface area contributed by atoms with Crippen LogP contribution in [-0.4, -0.2) is 29.7 Å². The van der Waals surface area contributed by atoms with Gasteiger partial charge in [-0.3, -0.25) is 4.90 Å². The number of hydrogen-bond donors (Lipinski definition) is 1. The number of hydrogen-bond acceptors (Lipinski definition) is 3. The molecule has 1 aliphatic heterocycles. The first kappa shape index (κ1) is 14.2. The van der Waals surface area contributed by atoms with Crippen LogP contribution in [0, 0.1) is 5.92 Å². The Morgan fingerprint density at radius 2 is 2.26 bits per heavy atom. The second kappa shape index (κ2) is 6.80. The fourth-order valence-corrected chi connectivity index (χ4v) is 2.66. The maximum Gasteiger partial charge on any atom is 0.123 e. The molecule has 106 valence electrons. The Morgan fingerprint density at radius 3 is 2.95 bits per heavy atom. The lowest BCUT2D eigenvalue weighted by atomic mass is 10.00. The predicted molar refractivity (Wildman–Crippen MR) is 77.6 cm³/mol. The van der Waals surface area contributed by atoms with Crippen LogP contribution < -0.4 is 4.74 Å². The molecule has 0 aromatic heterocycles. The molecule has 0 spiro atoms. The summed E-state index contributed by atoms with van der Waals surface area (Å²) in [6.07, 6.45) is 3.57. The summed E-state index contributed by atoms with van der Waals surface area (Å²) in [5.74, 6) is 1.88. The number of nitrogens with zero attached hydrogens (tertiary/aromatic N) is 1. The zero-order valence-electron chi connectivity index (χ0n) is 12.1. The lowest BCUT2D eigenvalue weighted by Gasteiger charge is -2.31. The fourth-order valence-electron chi connectivity index (χ4n) is 2.66. The summed E-state index contributed by atoms with van der Waals surface area (Å²) in [4.78, 5) is 2.43. The van der Waals surface area contributed by atoms with E-state index in [0.29, 0.717) is 12.4 Å². The molecule has 2 rings (SSSR count). The molecule has 19 heavy (non-hydrogen) atoms. The normalized spacial score (nSPS) is 20.4. The van der Waals surface area contributed by atoms with Crippen molar-refractivity contribution in [3.63, 3.8) is 0 Å². The van der Waals surface area contributed by atoms with Crippen LogP contribution >= 0.6 is 0 Å². The van der Waals surface area contributed by atoms with E-state index in [1.54, 1.807) is 6.07 Å². The van der Waals surface area contributed by atoms with Crippen LogP contribution in [-0.2, 0) is 6.54 Å². The molecule has 0 saturated carbocycles. The first-order valence-electron chi connectivity index (χ1n) is 7.36. The highest BCUT2D eigenvalue weighted by Crippen LogP contribution is 2.26. The molecule has 1 heterocycles. The van der Waals surface area contributed by atoms with Crippen molar-refractivity contribution in [3.8, 4) is 11.5 Å². The van der Waals surface area contributed by atoms with E-state index < -0.39 is 0 Å². The van der Waals surface area contributed by atoms with Crippen molar-refractivity contribution in [2.45, 2.75) is 39.7 Å². The molecule has 1 unspecified atom stereocenters. The summed E-state index contributed by atoms with van der Waals surface area (Å²) in [5.41, 5.74) is 0.998. The number of benzene rings is 1. The monoisotopic (exact) mass is 263 g/mol. The second-order valence-electron chi connectivity index (χ2n) is 5.62. The average Bonchev–Trinajstić information content (AvgIpc) is 2.39. The highest BCUT2D eigenvalue weighted by atomic mass is 16.5. The van der Waals surface area contributed by atoms with Gasteiger partial charge in [-0.1, -0.05) is 19.9 Å². The number of phenolic OH excluding ortho intramolecular Hbond substituents is 1. The van der Waals surface area contributed by atoms with E-state index in [0.717, 1.165) is 43.3 Å². The minimum absolute atomic E-state index is 0.354. The Hall–Kier alpha value is -1.22.